The summed E-state index contributed by atoms with van der Waals surface area (Å²) in [5, 5.41) is 6.63. The number of carbonyl (C=O) groups is 1. The molecule has 1 aliphatic heterocycles. The Kier molecular flexibility index (Phi) is 5.13. The van der Waals surface area contributed by atoms with Crippen LogP contribution in [0.5, 0.6) is 0 Å². The third kappa shape index (κ3) is 3.57. The van der Waals surface area contributed by atoms with Crippen LogP contribution in [0.2, 0.25) is 0 Å². The molecule has 2 bridgehead atoms. The van der Waals surface area contributed by atoms with Crippen molar-refractivity contribution >= 4 is 5.91 Å². The average Bonchev–Trinajstić information content (AvgIpc) is 3.09. The minimum Gasteiger partial charge on any atom is -0.358 e. The van der Waals surface area contributed by atoms with Crippen molar-refractivity contribution < 1.29 is 4.79 Å². The molecule has 27 heavy (non-hydrogen) atoms. The van der Waals surface area contributed by atoms with Crippen LogP contribution in [-0.4, -0.2) is 43.0 Å². The first-order valence-corrected chi connectivity index (χ1v) is 10.4. The van der Waals surface area contributed by atoms with Crippen molar-refractivity contribution in [2.75, 3.05) is 20.1 Å². The van der Waals surface area contributed by atoms with E-state index in [0.717, 1.165) is 37.9 Å². The van der Waals surface area contributed by atoms with Gasteiger partial charge < -0.3 is 10.6 Å². The van der Waals surface area contributed by atoms with E-state index in [-0.39, 0.29) is 11.9 Å². The van der Waals surface area contributed by atoms with Gasteiger partial charge in [-0.1, -0.05) is 55.8 Å². The van der Waals surface area contributed by atoms with Crippen molar-refractivity contribution in [1.29, 1.82) is 0 Å². The molecule has 4 aliphatic rings. The van der Waals surface area contributed by atoms with E-state index >= 15 is 0 Å². The monoisotopic (exact) mass is 367 g/mol. The van der Waals surface area contributed by atoms with Crippen molar-refractivity contribution in [1.82, 2.24) is 15.5 Å². The van der Waals surface area contributed by atoms with Gasteiger partial charge in [-0.3, -0.25) is 9.69 Å². The third-order valence-electron chi connectivity index (χ3n) is 7.36. The first-order chi connectivity index (χ1) is 13.0. The van der Waals surface area contributed by atoms with Crippen molar-refractivity contribution in [2.45, 2.75) is 51.7 Å². The van der Waals surface area contributed by atoms with Crippen LogP contribution in [0.1, 0.15) is 38.7 Å². The van der Waals surface area contributed by atoms with Gasteiger partial charge in [-0.05, 0) is 42.1 Å². The molecule has 0 aromatic heterocycles. The highest BCUT2D eigenvalue weighted by atomic mass is 16.2. The molecule has 0 spiro atoms. The molecule has 4 atom stereocenters. The number of nitrogens with zero attached hydrogens (tertiary/aromatic N) is 1. The summed E-state index contributed by atoms with van der Waals surface area (Å²) in [5.41, 5.74) is 3.34. The molecular formula is C23H33N3O. The summed E-state index contributed by atoms with van der Waals surface area (Å²) in [6.45, 7) is 7.59. The molecule has 4 nitrogen and oxygen atoms in total. The number of likely N-dealkylation sites (tertiary alicyclic amines) is 1. The minimum absolute atomic E-state index is 0.0439. The highest BCUT2D eigenvalue weighted by Crippen LogP contribution is 2.59. The van der Waals surface area contributed by atoms with E-state index in [1.54, 1.807) is 12.6 Å². The maximum Gasteiger partial charge on any atom is 0.237 e. The van der Waals surface area contributed by atoms with Crippen molar-refractivity contribution in [3.8, 4) is 0 Å². The number of benzene rings is 1. The summed E-state index contributed by atoms with van der Waals surface area (Å²) in [5.74, 6) is 1.77. The molecule has 0 unspecified atom stereocenters. The number of fused-ring (bicyclic) bond motifs is 1. The van der Waals surface area contributed by atoms with Gasteiger partial charge in [0.2, 0.25) is 5.91 Å². The summed E-state index contributed by atoms with van der Waals surface area (Å²) in [7, 11) is 1.74. The number of rotatable bonds is 6. The van der Waals surface area contributed by atoms with E-state index < -0.39 is 0 Å². The van der Waals surface area contributed by atoms with E-state index in [9.17, 15) is 4.79 Å². The van der Waals surface area contributed by atoms with Crippen molar-refractivity contribution in [3.05, 3.63) is 47.5 Å². The number of hydrogen-bond acceptors (Lipinski definition) is 3. The highest BCUT2D eigenvalue weighted by molar-refractivity contribution is 5.81. The smallest absolute Gasteiger partial charge is 0.237 e. The lowest BCUT2D eigenvalue weighted by molar-refractivity contribution is -0.125. The summed E-state index contributed by atoms with van der Waals surface area (Å²) in [6, 6.07) is 10.8. The van der Waals surface area contributed by atoms with Crippen molar-refractivity contribution in [3.63, 3.8) is 0 Å². The van der Waals surface area contributed by atoms with E-state index in [2.05, 4.69) is 59.7 Å². The van der Waals surface area contributed by atoms with Gasteiger partial charge in [-0.15, -0.1) is 0 Å². The highest BCUT2D eigenvalue weighted by Gasteiger charge is 2.51. The first-order valence-electron chi connectivity index (χ1n) is 10.4. The van der Waals surface area contributed by atoms with Crippen molar-refractivity contribution in [2.24, 2.45) is 17.3 Å². The molecule has 1 saturated carbocycles. The van der Waals surface area contributed by atoms with E-state index in [1.165, 1.54) is 18.4 Å². The first kappa shape index (κ1) is 18.7. The number of nitrogens with one attached hydrogen (secondary N) is 2. The fraction of sp³-hybridized carbons (Fsp3) is 0.609. The normalized spacial score (nSPS) is 31.9. The van der Waals surface area contributed by atoms with Gasteiger partial charge in [-0.2, -0.15) is 0 Å². The molecule has 0 radical (unpaired) electrons. The molecule has 4 heteroatoms. The molecule has 3 aliphatic carbocycles. The lowest BCUT2D eigenvalue weighted by atomic mass is 9.49. The summed E-state index contributed by atoms with van der Waals surface area (Å²) in [6.07, 6.45) is 5.97. The average molecular weight is 368 g/mol. The van der Waals surface area contributed by atoms with Crippen LogP contribution >= 0.6 is 0 Å². The molecule has 146 valence electrons. The molecule has 1 saturated heterocycles. The third-order valence-corrected chi connectivity index (χ3v) is 7.36. The van der Waals surface area contributed by atoms with Crippen LogP contribution < -0.4 is 10.6 Å². The van der Waals surface area contributed by atoms with Crippen LogP contribution in [0.15, 0.2) is 42.0 Å². The van der Waals surface area contributed by atoms with E-state index in [4.69, 9.17) is 0 Å². The Morgan fingerprint density at radius 3 is 2.67 bits per heavy atom. The molecule has 1 heterocycles. The van der Waals surface area contributed by atoms with Gasteiger partial charge in [0.25, 0.3) is 0 Å². The van der Waals surface area contributed by atoms with Crippen LogP contribution in [0.4, 0.5) is 0 Å². The zero-order valence-corrected chi connectivity index (χ0v) is 16.9. The van der Waals surface area contributed by atoms with Gasteiger partial charge in [-0.25, -0.2) is 0 Å². The second-order valence-corrected chi connectivity index (χ2v) is 9.18. The Bertz CT molecular complexity index is 712. The standard InChI is InChI=1S/C23H33N3O/c1-23(2)18-10-9-17(20(23)11-18)13-25-19-12-21(22(27)24-3)26(15-19)14-16-7-5-4-6-8-16/h4-9,18-21,25H,10-15H2,1-3H3,(H,24,27)/t18-,19+,20-,21-/m0/s1. The van der Waals surface area contributed by atoms with Gasteiger partial charge in [0.15, 0.2) is 0 Å². The molecule has 1 aromatic rings. The minimum atomic E-state index is -0.0439. The van der Waals surface area contributed by atoms with Gasteiger partial charge in [0.05, 0.1) is 6.04 Å². The summed E-state index contributed by atoms with van der Waals surface area (Å²) in [4.78, 5) is 14.7. The molecular weight excluding hydrogens is 334 g/mol. The molecule has 1 amide bonds. The predicted molar refractivity (Wildman–Crippen MR) is 109 cm³/mol. The van der Waals surface area contributed by atoms with Gasteiger partial charge >= 0.3 is 0 Å². The van der Waals surface area contributed by atoms with Crippen LogP contribution in [0.3, 0.4) is 0 Å². The Labute approximate surface area is 163 Å². The van der Waals surface area contributed by atoms with E-state index in [0.29, 0.717) is 11.5 Å². The predicted octanol–water partition coefficient (Wildman–Crippen LogP) is 2.96. The summed E-state index contributed by atoms with van der Waals surface area (Å²) < 4.78 is 0. The second-order valence-electron chi connectivity index (χ2n) is 9.18. The quantitative estimate of drug-likeness (QED) is 0.760. The maximum atomic E-state index is 12.4. The lowest BCUT2D eigenvalue weighted by Crippen LogP contribution is -2.50. The topological polar surface area (TPSA) is 44.4 Å². The second kappa shape index (κ2) is 7.40. The number of amides is 1. The fourth-order valence-electron chi connectivity index (χ4n) is 5.42. The summed E-state index contributed by atoms with van der Waals surface area (Å²) >= 11 is 0. The molecule has 1 aromatic carbocycles. The molecule has 2 N–H and O–H groups in total. The number of carbonyl (C=O) groups excluding carboxylic acids is 1. The lowest BCUT2D eigenvalue weighted by Gasteiger charge is -2.56. The van der Waals surface area contributed by atoms with Crippen LogP contribution in [0.25, 0.3) is 0 Å². The van der Waals surface area contributed by atoms with Gasteiger partial charge in [0, 0.05) is 32.7 Å². The SMILES string of the molecule is CNC(=O)[C@@H]1C[C@@H](NCC2=CC[C@H]3C[C@@H]2C3(C)C)CN1Cc1ccccc1. The Morgan fingerprint density at radius 2 is 2.00 bits per heavy atom. The van der Waals surface area contributed by atoms with Crippen LogP contribution in [0, 0.1) is 17.3 Å². The molecule has 5 rings (SSSR count). The zero-order valence-electron chi connectivity index (χ0n) is 16.9. The fourth-order valence-corrected chi connectivity index (χ4v) is 5.42. The molecule has 2 fully saturated rings. The Balaban J connectivity index is 1.38. The number of likely N-dealkylation sites (N-methyl/N-ethyl adjacent to an activating group) is 1. The Hall–Kier alpha value is -1.65. The van der Waals surface area contributed by atoms with Crippen LogP contribution in [-0.2, 0) is 11.3 Å². The number of hydrogen-bond donors (Lipinski definition) is 2. The van der Waals surface area contributed by atoms with Gasteiger partial charge in [0.1, 0.15) is 0 Å². The largest absolute Gasteiger partial charge is 0.358 e. The maximum absolute atomic E-state index is 12.4. The number of allylic oxidation sites excluding steroid dienone is 1. The zero-order chi connectivity index (χ0) is 19.0. The van der Waals surface area contributed by atoms with E-state index in [1.807, 2.05) is 6.07 Å². The Morgan fingerprint density at radius 1 is 1.22 bits per heavy atom.